The maximum absolute atomic E-state index is 13.5. The van der Waals surface area contributed by atoms with Gasteiger partial charge in [-0.25, -0.2) is 4.39 Å². The van der Waals surface area contributed by atoms with Crippen molar-refractivity contribution in [3.63, 3.8) is 0 Å². The molecule has 0 bridgehead atoms. The molecule has 1 fully saturated rings. The second-order valence-electron chi connectivity index (χ2n) is 8.33. The van der Waals surface area contributed by atoms with Gasteiger partial charge >= 0.3 is 0 Å². The first-order chi connectivity index (χ1) is 14.1. The van der Waals surface area contributed by atoms with E-state index in [2.05, 4.69) is 34.3 Å². The van der Waals surface area contributed by atoms with Gasteiger partial charge in [0.05, 0.1) is 0 Å². The van der Waals surface area contributed by atoms with Crippen molar-refractivity contribution in [2.45, 2.75) is 64.0 Å². The average molecular weight is 393 g/mol. The molecule has 4 nitrogen and oxygen atoms in total. The molecule has 1 aliphatic rings. The fourth-order valence-corrected chi connectivity index (χ4v) is 4.51. The lowest BCUT2D eigenvalue weighted by atomic mass is 9.89. The molecule has 2 N–H and O–H groups in total. The Morgan fingerprint density at radius 1 is 0.966 bits per heavy atom. The molecule has 152 valence electrons. The van der Waals surface area contributed by atoms with E-state index in [-0.39, 0.29) is 5.82 Å². The lowest BCUT2D eigenvalue weighted by Gasteiger charge is -2.19. The minimum Gasteiger partial charge on any atom is -0.312 e. The summed E-state index contributed by atoms with van der Waals surface area (Å²) in [6.45, 7) is 4.43. The van der Waals surface area contributed by atoms with Crippen molar-refractivity contribution in [3.05, 3.63) is 60.3 Å². The van der Waals surface area contributed by atoms with Gasteiger partial charge in [0.25, 0.3) is 0 Å². The van der Waals surface area contributed by atoms with Crippen LogP contribution in [-0.4, -0.2) is 27.3 Å². The first-order valence-electron chi connectivity index (χ1n) is 10.6. The molecule has 0 spiro atoms. The van der Waals surface area contributed by atoms with Crippen LogP contribution < -0.4 is 5.32 Å². The lowest BCUT2D eigenvalue weighted by molar-refractivity contribution is 0.420. The molecule has 1 aliphatic carbocycles. The molecular formula is C24H29FN4. The maximum Gasteiger partial charge on any atom is 0.123 e. The van der Waals surface area contributed by atoms with Crippen LogP contribution in [0.25, 0.3) is 22.4 Å². The smallest absolute Gasteiger partial charge is 0.123 e. The highest BCUT2D eigenvalue weighted by Crippen LogP contribution is 2.40. The summed E-state index contributed by atoms with van der Waals surface area (Å²) in [6, 6.07) is 11.8. The van der Waals surface area contributed by atoms with E-state index in [1.54, 1.807) is 12.1 Å². The zero-order valence-corrected chi connectivity index (χ0v) is 17.2. The summed E-state index contributed by atoms with van der Waals surface area (Å²) in [6.07, 6.45) is 9.51. The third-order valence-electron chi connectivity index (χ3n) is 5.83. The number of halogens is 1. The van der Waals surface area contributed by atoms with Gasteiger partial charge in [-0.3, -0.25) is 10.1 Å². The Kier molecular flexibility index (Phi) is 6.05. The predicted molar refractivity (Wildman–Crippen MR) is 115 cm³/mol. The minimum atomic E-state index is -0.234. The van der Waals surface area contributed by atoms with E-state index in [0.29, 0.717) is 18.0 Å². The van der Waals surface area contributed by atoms with Crippen molar-refractivity contribution in [2.24, 2.45) is 0 Å². The topological polar surface area (TPSA) is 53.6 Å². The molecular weight excluding hydrogens is 363 g/mol. The lowest BCUT2D eigenvalue weighted by Crippen LogP contribution is -2.34. The number of H-pyrrole nitrogens is 1. The Hall–Kier alpha value is -2.53. The number of aromatic amines is 1. The fourth-order valence-electron chi connectivity index (χ4n) is 4.51. The van der Waals surface area contributed by atoms with Crippen LogP contribution in [0.2, 0.25) is 0 Å². The van der Waals surface area contributed by atoms with E-state index >= 15 is 0 Å². The minimum absolute atomic E-state index is 0.234. The number of benzene rings is 1. The Bertz CT molecular complexity index is 918. The van der Waals surface area contributed by atoms with Crippen molar-refractivity contribution >= 4 is 0 Å². The summed E-state index contributed by atoms with van der Waals surface area (Å²) in [5, 5.41) is 11.7. The van der Waals surface area contributed by atoms with E-state index in [4.69, 9.17) is 0 Å². The average Bonchev–Trinajstić information content (AvgIpc) is 3.03. The number of pyridine rings is 1. The van der Waals surface area contributed by atoms with Gasteiger partial charge in [0.2, 0.25) is 0 Å². The summed E-state index contributed by atoms with van der Waals surface area (Å²) < 4.78 is 13.5. The normalized spacial score (nSPS) is 20.0. The van der Waals surface area contributed by atoms with E-state index in [1.807, 2.05) is 24.5 Å². The van der Waals surface area contributed by atoms with Crippen LogP contribution in [0.4, 0.5) is 4.39 Å². The molecule has 0 aliphatic heterocycles. The molecule has 2 unspecified atom stereocenters. The second kappa shape index (κ2) is 8.87. The van der Waals surface area contributed by atoms with Gasteiger partial charge in [-0.05, 0) is 67.6 Å². The monoisotopic (exact) mass is 392 g/mol. The third-order valence-corrected chi connectivity index (χ3v) is 5.83. The Balaban J connectivity index is 1.69. The van der Waals surface area contributed by atoms with Crippen LogP contribution in [0.1, 0.15) is 57.6 Å². The van der Waals surface area contributed by atoms with Gasteiger partial charge < -0.3 is 5.32 Å². The van der Waals surface area contributed by atoms with E-state index in [1.165, 1.54) is 37.1 Å². The van der Waals surface area contributed by atoms with Gasteiger partial charge in [-0.2, -0.15) is 5.10 Å². The zero-order valence-electron chi connectivity index (χ0n) is 17.2. The van der Waals surface area contributed by atoms with Crippen LogP contribution in [0.5, 0.6) is 0 Å². The molecule has 3 aromatic rings. The Labute approximate surface area is 172 Å². The molecule has 5 heteroatoms. The van der Waals surface area contributed by atoms with Crippen LogP contribution in [-0.2, 0) is 0 Å². The van der Waals surface area contributed by atoms with Crippen molar-refractivity contribution in [1.82, 2.24) is 20.5 Å². The number of nitrogens with zero attached hydrogens (tertiary/aromatic N) is 2. The molecule has 2 heterocycles. The van der Waals surface area contributed by atoms with E-state index in [9.17, 15) is 4.39 Å². The Morgan fingerprint density at radius 3 is 2.45 bits per heavy atom. The van der Waals surface area contributed by atoms with Crippen LogP contribution in [0.3, 0.4) is 0 Å². The molecule has 1 saturated carbocycles. The first kappa shape index (κ1) is 19.8. The summed E-state index contributed by atoms with van der Waals surface area (Å²) in [5.41, 5.74) is 5.23. The zero-order chi connectivity index (χ0) is 20.2. The third kappa shape index (κ3) is 4.56. The van der Waals surface area contributed by atoms with Gasteiger partial charge in [-0.15, -0.1) is 0 Å². The van der Waals surface area contributed by atoms with Gasteiger partial charge in [0.1, 0.15) is 11.5 Å². The molecule has 0 radical (unpaired) electrons. The molecule has 0 amide bonds. The summed E-state index contributed by atoms with van der Waals surface area (Å²) in [7, 11) is 0. The maximum atomic E-state index is 13.5. The molecule has 29 heavy (non-hydrogen) atoms. The number of nitrogens with one attached hydrogen (secondary N) is 2. The first-order valence-corrected chi connectivity index (χ1v) is 10.6. The SMILES string of the molecule is CC(C)NC1CCCC(c2[nH]nc(-c3ccc(F)cc3)c2-c2ccncc2)CC1. The Morgan fingerprint density at radius 2 is 1.72 bits per heavy atom. The summed E-state index contributed by atoms with van der Waals surface area (Å²) >= 11 is 0. The van der Waals surface area contributed by atoms with Gasteiger partial charge in [0, 0.05) is 47.2 Å². The highest BCUT2D eigenvalue weighted by atomic mass is 19.1. The largest absolute Gasteiger partial charge is 0.312 e. The van der Waals surface area contributed by atoms with E-state index in [0.717, 1.165) is 35.2 Å². The number of aromatic nitrogens is 3. The van der Waals surface area contributed by atoms with Crippen molar-refractivity contribution in [3.8, 4) is 22.4 Å². The molecule has 2 atom stereocenters. The fraction of sp³-hybridized carbons (Fsp3) is 0.417. The van der Waals surface area contributed by atoms with Gasteiger partial charge in [0.15, 0.2) is 0 Å². The molecule has 0 saturated heterocycles. The second-order valence-corrected chi connectivity index (χ2v) is 8.33. The van der Waals surface area contributed by atoms with Crippen molar-refractivity contribution in [1.29, 1.82) is 0 Å². The van der Waals surface area contributed by atoms with Crippen LogP contribution in [0, 0.1) is 5.82 Å². The summed E-state index contributed by atoms with van der Waals surface area (Å²) in [5.74, 6) is 0.209. The highest BCUT2D eigenvalue weighted by molar-refractivity contribution is 5.82. The van der Waals surface area contributed by atoms with Gasteiger partial charge in [-0.1, -0.05) is 20.3 Å². The quantitative estimate of drug-likeness (QED) is 0.548. The molecule has 1 aromatic carbocycles. The van der Waals surface area contributed by atoms with Crippen LogP contribution in [0.15, 0.2) is 48.8 Å². The number of hydrogen-bond donors (Lipinski definition) is 2. The molecule has 4 rings (SSSR count). The highest BCUT2D eigenvalue weighted by Gasteiger charge is 2.26. The predicted octanol–water partition coefficient (Wildman–Crippen LogP) is 5.69. The van der Waals surface area contributed by atoms with Crippen molar-refractivity contribution < 1.29 is 4.39 Å². The number of rotatable bonds is 5. The van der Waals surface area contributed by atoms with E-state index < -0.39 is 0 Å². The molecule has 2 aromatic heterocycles. The standard InChI is InChI=1S/C24H29FN4/c1-16(2)27-21-5-3-4-18(8-11-21)23-22(17-12-14-26-15-13-17)24(29-28-23)19-6-9-20(25)10-7-19/h6-7,9-10,12-16,18,21,27H,3-5,8,11H2,1-2H3,(H,28,29). The van der Waals surface area contributed by atoms with Crippen molar-refractivity contribution in [2.75, 3.05) is 0 Å². The van der Waals surface area contributed by atoms with Crippen LogP contribution >= 0.6 is 0 Å². The number of hydrogen-bond acceptors (Lipinski definition) is 3. The summed E-state index contributed by atoms with van der Waals surface area (Å²) in [4.78, 5) is 4.18.